The van der Waals surface area contributed by atoms with Crippen LogP contribution in [0.2, 0.25) is 0 Å². The zero-order chi connectivity index (χ0) is 7.61. The standard InChI is InChI=1S/C7H13F2N/c1-2-10-6-3-4-7(8,9)5-6/h6,10H,2-5H2,1H3/t6-/m1/s1. The average molecular weight is 149 g/mol. The molecule has 1 atom stereocenters. The number of nitrogens with one attached hydrogen (secondary N) is 1. The summed E-state index contributed by atoms with van der Waals surface area (Å²) in [5.41, 5.74) is 0. The third-order valence-corrected chi connectivity index (χ3v) is 1.90. The van der Waals surface area contributed by atoms with Gasteiger partial charge in [0.15, 0.2) is 0 Å². The first-order valence-corrected chi connectivity index (χ1v) is 3.75. The fraction of sp³-hybridized carbons (Fsp3) is 1.00. The molecule has 60 valence electrons. The molecule has 1 rings (SSSR count). The van der Waals surface area contributed by atoms with Gasteiger partial charge in [0.25, 0.3) is 0 Å². The van der Waals surface area contributed by atoms with Crippen LogP contribution in [0.1, 0.15) is 26.2 Å². The smallest absolute Gasteiger partial charge is 0.249 e. The summed E-state index contributed by atoms with van der Waals surface area (Å²) < 4.78 is 25.0. The molecule has 0 amide bonds. The Morgan fingerprint density at radius 2 is 2.30 bits per heavy atom. The maximum absolute atomic E-state index is 12.5. The summed E-state index contributed by atoms with van der Waals surface area (Å²) in [6.07, 6.45) is 0.715. The van der Waals surface area contributed by atoms with Crippen LogP contribution in [0.3, 0.4) is 0 Å². The SMILES string of the molecule is CCN[C@@H]1CCC(F)(F)C1. The largest absolute Gasteiger partial charge is 0.314 e. The van der Waals surface area contributed by atoms with E-state index in [2.05, 4.69) is 5.32 Å². The Bertz CT molecular complexity index is 114. The lowest BCUT2D eigenvalue weighted by Gasteiger charge is -2.10. The predicted octanol–water partition coefficient (Wildman–Crippen LogP) is 1.78. The van der Waals surface area contributed by atoms with E-state index in [0.717, 1.165) is 6.54 Å². The van der Waals surface area contributed by atoms with Crippen LogP contribution in [-0.2, 0) is 0 Å². The topological polar surface area (TPSA) is 12.0 Å². The number of halogens is 2. The number of alkyl halides is 2. The Hall–Kier alpha value is -0.180. The summed E-state index contributed by atoms with van der Waals surface area (Å²) in [6, 6.07) is 0.0556. The van der Waals surface area contributed by atoms with E-state index < -0.39 is 5.92 Å². The molecule has 0 heterocycles. The third-order valence-electron chi connectivity index (χ3n) is 1.90. The molecule has 0 bridgehead atoms. The van der Waals surface area contributed by atoms with Crippen molar-refractivity contribution >= 4 is 0 Å². The molecule has 0 aromatic carbocycles. The Kier molecular flexibility index (Phi) is 2.24. The second kappa shape index (κ2) is 2.82. The minimum Gasteiger partial charge on any atom is -0.314 e. The molecule has 0 aromatic rings. The van der Waals surface area contributed by atoms with Crippen molar-refractivity contribution in [1.29, 1.82) is 0 Å². The van der Waals surface area contributed by atoms with Crippen molar-refractivity contribution < 1.29 is 8.78 Å². The molecule has 3 heteroatoms. The maximum Gasteiger partial charge on any atom is 0.249 e. The average Bonchev–Trinajstić information content (AvgIpc) is 2.12. The molecular formula is C7H13F2N. The molecule has 1 aliphatic carbocycles. The molecule has 0 aliphatic heterocycles. The summed E-state index contributed by atoms with van der Waals surface area (Å²) >= 11 is 0. The highest BCUT2D eigenvalue weighted by Crippen LogP contribution is 2.34. The summed E-state index contributed by atoms with van der Waals surface area (Å²) in [7, 11) is 0. The molecular weight excluding hydrogens is 136 g/mol. The summed E-state index contributed by atoms with van der Waals surface area (Å²) in [5.74, 6) is -2.40. The van der Waals surface area contributed by atoms with Gasteiger partial charge in [0, 0.05) is 18.9 Å². The monoisotopic (exact) mass is 149 g/mol. The van der Waals surface area contributed by atoms with Gasteiger partial charge in [-0.25, -0.2) is 8.78 Å². The first-order valence-electron chi connectivity index (χ1n) is 3.75. The molecule has 1 saturated carbocycles. The summed E-state index contributed by atoms with van der Waals surface area (Å²) in [4.78, 5) is 0. The van der Waals surface area contributed by atoms with E-state index in [1.807, 2.05) is 6.92 Å². The van der Waals surface area contributed by atoms with Gasteiger partial charge in [-0.1, -0.05) is 6.92 Å². The highest BCUT2D eigenvalue weighted by Gasteiger charge is 2.38. The molecule has 0 spiro atoms. The van der Waals surface area contributed by atoms with Crippen LogP contribution in [0.5, 0.6) is 0 Å². The van der Waals surface area contributed by atoms with Crippen molar-refractivity contribution in [2.75, 3.05) is 6.54 Å². The lowest BCUT2D eigenvalue weighted by atomic mass is 10.2. The van der Waals surface area contributed by atoms with Crippen molar-refractivity contribution in [1.82, 2.24) is 5.32 Å². The van der Waals surface area contributed by atoms with Gasteiger partial charge in [0.2, 0.25) is 5.92 Å². The van der Waals surface area contributed by atoms with Gasteiger partial charge in [-0.3, -0.25) is 0 Å². The van der Waals surface area contributed by atoms with Gasteiger partial charge in [-0.2, -0.15) is 0 Å². The van der Waals surface area contributed by atoms with Crippen LogP contribution in [-0.4, -0.2) is 18.5 Å². The maximum atomic E-state index is 12.5. The van der Waals surface area contributed by atoms with Crippen LogP contribution in [0, 0.1) is 0 Å². The van der Waals surface area contributed by atoms with Gasteiger partial charge >= 0.3 is 0 Å². The van der Waals surface area contributed by atoms with E-state index in [1.165, 1.54) is 0 Å². The highest BCUT2D eigenvalue weighted by molar-refractivity contribution is 4.85. The van der Waals surface area contributed by atoms with Crippen molar-refractivity contribution in [3.8, 4) is 0 Å². The molecule has 0 saturated heterocycles. The van der Waals surface area contributed by atoms with E-state index in [4.69, 9.17) is 0 Å². The minimum absolute atomic E-state index is 0.0286. The van der Waals surface area contributed by atoms with Gasteiger partial charge in [0.05, 0.1) is 0 Å². The lowest BCUT2D eigenvalue weighted by molar-refractivity contribution is 0.00699. The van der Waals surface area contributed by atoms with Crippen LogP contribution in [0.15, 0.2) is 0 Å². The first kappa shape index (κ1) is 7.92. The van der Waals surface area contributed by atoms with E-state index in [1.54, 1.807) is 0 Å². The van der Waals surface area contributed by atoms with Crippen LogP contribution in [0.25, 0.3) is 0 Å². The first-order chi connectivity index (χ1) is 4.64. The summed E-state index contributed by atoms with van der Waals surface area (Å²) in [6.45, 7) is 2.73. The quantitative estimate of drug-likeness (QED) is 0.631. The van der Waals surface area contributed by atoms with Gasteiger partial charge in [-0.05, 0) is 13.0 Å². The fourth-order valence-corrected chi connectivity index (χ4v) is 1.41. The second-order valence-corrected chi connectivity index (χ2v) is 2.85. The molecule has 0 radical (unpaired) electrons. The van der Waals surface area contributed by atoms with Crippen LogP contribution in [0.4, 0.5) is 8.78 Å². The molecule has 1 fully saturated rings. The van der Waals surface area contributed by atoms with Gasteiger partial charge < -0.3 is 5.32 Å². The lowest BCUT2D eigenvalue weighted by Crippen LogP contribution is -2.27. The Morgan fingerprint density at radius 1 is 1.60 bits per heavy atom. The summed E-state index contributed by atoms with van der Waals surface area (Å²) in [5, 5.41) is 3.02. The van der Waals surface area contributed by atoms with Crippen LogP contribution >= 0.6 is 0 Å². The molecule has 0 aromatic heterocycles. The fourth-order valence-electron chi connectivity index (χ4n) is 1.41. The van der Waals surface area contributed by atoms with Crippen LogP contribution < -0.4 is 5.32 Å². The van der Waals surface area contributed by atoms with Gasteiger partial charge in [-0.15, -0.1) is 0 Å². The van der Waals surface area contributed by atoms with Crippen molar-refractivity contribution in [2.45, 2.75) is 38.2 Å². The number of hydrogen-bond acceptors (Lipinski definition) is 1. The van der Waals surface area contributed by atoms with Crippen molar-refractivity contribution in [3.63, 3.8) is 0 Å². The normalized spacial score (nSPS) is 30.9. The van der Waals surface area contributed by atoms with E-state index in [0.29, 0.717) is 6.42 Å². The Balaban J connectivity index is 2.29. The van der Waals surface area contributed by atoms with E-state index in [-0.39, 0.29) is 18.9 Å². The predicted molar refractivity (Wildman–Crippen MR) is 36.3 cm³/mol. The second-order valence-electron chi connectivity index (χ2n) is 2.85. The van der Waals surface area contributed by atoms with Crippen molar-refractivity contribution in [2.24, 2.45) is 0 Å². The van der Waals surface area contributed by atoms with E-state index >= 15 is 0 Å². The Labute approximate surface area is 59.8 Å². The third kappa shape index (κ3) is 1.90. The zero-order valence-electron chi connectivity index (χ0n) is 6.16. The highest BCUT2D eigenvalue weighted by atomic mass is 19.3. The molecule has 1 nitrogen and oxygen atoms in total. The number of rotatable bonds is 2. The number of hydrogen-bond donors (Lipinski definition) is 1. The van der Waals surface area contributed by atoms with E-state index in [9.17, 15) is 8.78 Å². The molecule has 0 unspecified atom stereocenters. The minimum atomic E-state index is -2.40. The van der Waals surface area contributed by atoms with Crippen molar-refractivity contribution in [3.05, 3.63) is 0 Å². The molecule has 10 heavy (non-hydrogen) atoms. The Morgan fingerprint density at radius 3 is 2.70 bits per heavy atom. The molecule has 1 aliphatic rings. The zero-order valence-corrected chi connectivity index (χ0v) is 6.16. The molecule has 1 N–H and O–H groups in total. The van der Waals surface area contributed by atoms with Gasteiger partial charge in [0.1, 0.15) is 0 Å².